The Kier molecular flexibility index (Phi) is 4.99. The van der Waals surface area contributed by atoms with Crippen molar-refractivity contribution in [2.24, 2.45) is 10.9 Å². The van der Waals surface area contributed by atoms with Crippen molar-refractivity contribution in [3.8, 4) is 0 Å². The molecule has 5 heteroatoms. The van der Waals surface area contributed by atoms with E-state index < -0.39 is 17.8 Å². The van der Waals surface area contributed by atoms with Gasteiger partial charge in [-0.25, -0.2) is 4.79 Å². The molecule has 1 aliphatic carbocycles. The lowest BCUT2D eigenvalue weighted by Gasteiger charge is -2.37. The molecule has 2 heterocycles. The van der Waals surface area contributed by atoms with E-state index in [-0.39, 0.29) is 11.7 Å². The highest BCUT2D eigenvalue weighted by atomic mass is 16.5. The maximum absolute atomic E-state index is 13.3. The number of Topliss-reactive ketones (excluding diaryl/α,β-unsaturated/α-hetero) is 1. The van der Waals surface area contributed by atoms with Gasteiger partial charge in [-0.3, -0.25) is 9.79 Å². The third kappa shape index (κ3) is 3.46. The van der Waals surface area contributed by atoms with Crippen LogP contribution in [0.5, 0.6) is 0 Å². The lowest BCUT2D eigenvalue weighted by atomic mass is 9.67. The number of furan rings is 1. The number of benzene rings is 1. The van der Waals surface area contributed by atoms with Crippen LogP contribution in [0, 0.1) is 19.8 Å². The molecule has 0 N–H and O–H groups in total. The highest BCUT2D eigenvalue weighted by molar-refractivity contribution is 6.12. The molecule has 1 saturated carbocycles. The quantitative estimate of drug-likeness (QED) is 0.715. The van der Waals surface area contributed by atoms with Crippen molar-refractivity contribution in [2.75, 3.05) is 7.11 Å². The number of methoxy groups -OCH3 is 1. The molecule has 1 fully saturated rings. The van der Waals surface area contributed by atoms with Crippen molar-refractivity contribution in [2.45, 2.75) is 45.4 Å². The van der Waals surface area contributed by atoms with E-state index in [1.807, 2.05) is 19.1 Å². The Labute approximate surface area is 170 Å². The monoisotopic (exact) mass is 391 g/mol. The van der Waals surface area contributed by atoms with Gasteiger partial charge in [-0.2, -0.15) is 0 Å². The molecule has 0 bridgehead atoms. The van der Waals surface area contributed by atoms with Crippen LogP contribution in [-0.2, 0) is 14.3 Å². The van der Waals surface area contributed by atoms with Crippen LogP contribution in [0.1, 0.15) is 54.2 Å². The Morgan fingerprint density at radius 2 is 1.76 bits per heavy atom. The minimum atomic E-state index is -0.491. The molecule has 150 valence electrons. The summed E-state index contributed by atoms with van der Waals surface area (Å²) in [4.78, 5) is 30.6. The van der Waals surface area contributed by atoms with Crippen LogP contribution in [0.3, 0.4) is 0 Å². The first kappa shape index (κ1) is 19.4. The zero-order valence-corrected chi connectivity index (χ0v) is 17.2. The maximum Gasteiger partial charge on any atom is 0.336 e. The first-order valence-corrected chi connectivity index (χ1v) is 9.91. The van der Waals surface area contributed by atoms with E-state index in [1.165, 1.54) is 12.7 Å². The SMILES string of the molecule is COC(=O)C1=C(C)N=C2C[C@H](c3ccc(C)cc3)CC(=O)C2[C@@H]1c1ccc(C)o1. The van der Waals surface area contributed by atoms with Crippen molar-refractivity contribution in [1.82, 2.24) is 0 Å². The average Bonchev–Trinajstić information content (AvgIpc) is 3.12. The Hall–Kier alpha value is -2.95. The Morgan fingerprint density at radius 3 is 2.38 bits per heavy atom. The predicted octanol–water partition coefficient (Wildman–Crippen LogP) is 4.64. The number of rotatable bonds is 3. The van der Waals surface area contributed by atoms with Crippen LogP contribution in [0.15, 0.2) is 57.1 Å². The minimum absolute atomic E-state index is 0.0912. The second kappa shape index (κ2) is 7.47. The molecule has 0 amide bonds. The summed E-state index contributed by atoms with van der Waals surface area (Å²) in [6.45, 7) is 5.71. The van der Waals surface area contributed by atoms with Crippen LogP contribution in [0.2, 0.25) is 0 Å². The number of ketones is 1. The van der Waals surface area contributed by atoms with Gasteiger partial charge in [0.2, 0.25) is 0 Å². The average molecular weight is 391 g/mol. The number of hydrogen-bond acceptors (Lipinski definition) is 5. The second-order valence-electron chi connectivity index (χ2n) is 7.98. The molecule has 1 aromatic carbocycles. The summed E-state index contributed by atoms with van der Waals surface area (Å²) in [6.07, 6.45) is 1.12. The maximum atomic E-state index is 13.3. The largest absolute Gasteiger partial charge is 0.466 e. The number of allylic oxidation sites excluding steroid dienone is 1. The summed E-state index contributed by atoms with van der Waals surface area (Å²) in [5.41, 5.74) is 4.18. The lowest BCUT2D eigenvalue weighted by Crippen LogP contribution is -2.41. The summed E-state index contributed by atoms with van der Waals surface area (Å²) >= 11 is 0. The normalized spacial score (nSPS) is 24.2. The second-order valence-corrected chi connectivity index (χ2v) is 7.98. The van der Waals surface area contributed by atoms with Crippen molar-refractivity contribution in [1.29, 1.82) is 0 Å². The van der Waals surface area contributed by atoms with Gasteiger partial charge in [0.25, 0.3) is 0 Å². The molecule has 0 radical (unpaired) electrons. The van der Waals surface area contributed by atoms with Crippen LogP contribution < -0.4 is 0 Å². The van der Waals surface area contributed by atoms with Gasteiger partial charge in [0.15, 0.2) is 0 Å². The summed E-state index contributed by atoms with van der Waals surface area (Å²) in [6, 6.07) is 12.0. The highest BCUT2D eigenvalue weighted by Gasteiger charge is 2.47. The summed E-state index contributed by atoms with van der Waals surface area (Å²) in [5.74, 6) is 0.111. The Bertz CT molecular complexity index is 1030. The number of ether oxygens (including phenoxy) is 1. The van der Waals surface area contributed by atoms with E-state index >= 15 is 0 Å². The number of esters is 1. The molecule has 1 unspecified atom stereocenters. The lowest BCUT2D eigenvalue weighted by molar-refractivity contribution is -0.136. The molecule has 0 spiro atoms. The summed E-state index contributed by atoms with van der Waals surface area (Å²) in [5, 5.41) is 0. The molecule has 3 atom stereocenters. The number of fused-ring (bicyclic) bond motifs is 1. The van der Waals surface area contributed by atoms with E-state index in [9.17, 15) is 9.59 Å². The summed E-state index contributed by atoms with van der Waals surface area (Å²) in [7, 11) is 1.35. The highest BCUT2D eigenvalue weighted by Crippen LogP contribution is 2.46. The third-order valence-corrected chi connectivity index (χ3v) is 5.98. The number of hydrogen-bond donors (Lipinski definition) is 0. The fourth-order valence-electron chi connectivity index (χ4n) is 4.55. The standard InChI is InChI=1S/C24H25NO4/c1-13-5-8-16(9-6-13)17-11-18-22(19(26)12-17)23(20-10-7-14(2)29-20)21(15(3)25-18)24(27)28-4/h5-10,17,22-23H,11-12H2,1-4H3/t17-,22?,23+/m0/s1. The van der Waals surface area contributed by atoms with Crippen molar-refractivity contribution in [3.63, 3.8) is 0 Å². The van der Waals surface area contributed by atoms with Crippen LogP contribution in [0.25, 0.3) is 0 Å². The fourth-order valence-corrected chi connectivity index (χ4v) is 4.55. The smallest absolute Gasteiger partial charge is 0.336 e. The first-order chi connectivity index (χ1) is 13.9. The van der Waals surface area contributed by atoms with Crippen molar-refractivity contribution < 1.29 is 18.7 Å². The zero-order chi connectivity index (χ0) is 20.7. The molecule has 2 aliphatic rings. The van der Waals surface area contributed by atoms with Gasteiger partial charge < -0.3 is 9.15 Å². The molecule has 1 aliphatic heterocycles. The third-order valence-electron chi connectivity index (χ3n) is 5.98. The van der Waals surface area contributed by atoms with E-state index in [4.69, 9.17) is 14.1 Å². The number of carbonyl (C=O) groups excluding carboxylic acids is 2. The Morgan fingerprint density at radius 1 is 1.03 bits per heavy atom. The number of aryl methyl sites for hydroxylation is 2. The summed E-state index contributed by atoms with van der Waals surface area (Å²) < 4.78 is 10.9. The van der Waals surface area contributed by atoms with Crippen molar-refractivity contribution >= 4 is 17.5 Å². The van der Waals surface area contributed by atoms with Crippen molar-refractivity contribution in [3.05, 3.63) is 70.3 Å². The fraction of sp³-hybridized carbons (Fsp3) is 0.375. The van der Waals surface area contributed by atoms with Crippen LogP contribution in [-0.4, -0.2) is 24.6 Å². The number of carbonyl (C=O) groups is 2. The van der Waals surface area contributed by atoms with Gasteiger partial charge in [0.1, 0.15) is 17.3 Å². The molecular weight excluding hydrogens is 366 g/mol. The molecule has 0 saturated heterocycles. The van der Waals surface area contributed by atoms with E-state index in [0.29, 0.717) is 29.9 Å². The predicted molar refractivity (Wildman–Crippen MR) is 110 cm³/mol. The molecular formula is C24H25NO4. The van der Waals surface area contributed by atoms with Crippen LogP contribution in [0.4, 0.5) is 0 Å². The van der Waals surface area contributed by atoms with Gasteiger partial charge in [0.05, 0.1) is 24.5 Å². The molecule has 4 rings (SSSR count). The van der Waals surface area contributed by atoms with E-state index in [2.05, 4.69) is 31.2 Å². The van der Waals surface area contributed by atoms with Gasteiger partial charge in [-0.05, 0) is 50.8 Å². The van der Waals surface area contributed by atoms with Gasteiger partial charge >= 0.3 is 5.97 Å². The Balaban J connectivity index is 1.77. The first-order valence-electron chi connectivity index (χ1n) is 9.91. The molecule has 5 nitrogen and oxygen atoms in total. The topological polar surface area (TPSA) is 68.9 Å². The molecule has 29 heavy (non-hydrogen) atoms. The van der Waals surface area contributed by atoms with Gasteiger partial charge in [-0.1, -0.05) is 29.8 Å². The molecule has 2 aromatic rings. The van der Waals surface area contributed by atoms with Gasteiger partial charge in [0, 0.05) is 17.8 Å². The van der Waals surface area contributed by atoms with E-state index in [1.54, 1.807) is 6.92 Å². The van der Waals surface area contributed by atoms with Crippen LogP contribution >= 0.6 is 0 Å². The number of nitrogens with zero attached hydrogens (tertiary/aromatic N) is 1. The minimum Gasteiger partial charge on any atom is -0.466 e. The van der Waals surface area contributed by atoms with E-state index in [0.717, 1.165) is 17.0 Å². The van der Waals surface area contributed by atoms with Gasteiger partial charge in [-0.15, -0.1) is 0 Å². The number of aliphatic imine (C=N–C) groups is 1. The molecule has 1 aromatic heterocycles. The zero-order valence-electron chi connectivity index (χ0n) is 17.2.